The molecule has 1 atom stereocenters. The maximum Gasteiger partial charge on any atom is 0.216 e. The molecule has 0 saturated carbocycles. The van der Waals surface area contributed by atoms with Gasteiger partial charge in [-0.3, -0.25) is 0 Å². The van der Waals surface area contributed by atoms with Gasteiger partial charge in [-0.05, 0) is 28.9 Å². The molecule has 1 aromatic rings. The van der Waals surface area contributed by atoms with Gasteiger partial charge in [0.2, 0.25) is 5.88 Å². The molecule has 0 radical (unpaired) electrons. The molecule has 2 rings (SSSR count). The van der Waals surface area contributed by atoms with E-state index in [1.54, 1.807) is 6.20 Å². The van der Waals surface area contributed by atoms with Crippen molar-refractivity contribution in [1.82, 2.24) is 4.98 Å². The lowest BCUT2D eigenvalue weighted by molar-refractivity contribution is 0.246. The Bertz CT molecular complexity index is 287. The molecule has 0 N–H and O–H groups in total. The van der Waals surface area contributed by atoms with Crippen LogP contribution in [-0.2, 0) is 6.42 Å². The van der Waals surface area contributed by atoms with Crippen molar-refractivity contribution in [3.63, 3.8) is 0 Å². The van der Waals surface area contributed by atoms with Gasteiger partial charge in [-0.2, -0.15) is 0 Å². The summed E-state index contributed by atoms with van der Waals surface area (Å²) in [5.41, 5.74) is 1.20. The number of nitrogens with zero attached hydrogens (tertiary/aromatic N) is 1. The summed E-state index contributed by atoms with van der Waals surface area (Å²) in [6.45, 7) is 2.05. The molecule has 0 amide bonds. The van der Waals surface area contributed by atoms with Crippen LogP contribution in [-0.4, -0.2) is 11.1 Å². The monoisotopic (exact) mass is 213 g/mol. The summed E-state index contributed by atoms with van der Waals surface area (Å²) in [7, 11) is 0. The van der Waals surface area contributed by atoms with Crippen molar-refractivity contribution in [3.05, 3.63) is 22.3 Å². The number of fused-ring (bicyclic) bond motifs is 1. The lowest BCUT2D eigenvalue weighted by atomic mass is 10.2. The highest BCUT2D eigenvalue weighted by molar-refractivity contribution is 9.10. The van der Waals surface area contributed by atoms with Crippen molar-refractivity contribution in [2.24, 2.45) is 0 Å². The number of hydrogen-bond acceptors (Lipinski definition) is 2. The molecular formula is C8H8BrNO. The molecule has 0 bridgehead atoms. The highest BCUT2D eigenvalue weighted by Gasteiger charge is 2.19. The van der Waals surface area contributed by atoms with Crippen LogP contribution in [0.1, 0.15) is 12.5 Å². The van der Waals surface area contributed by atoms with E-state index in [1.807, 2.05) is 0 Å². The van der Waals surface area contributed by atoms with Gasteiger partial charge in [0.25, 0.3) is 0 Å². The first-order valence-electron chi connectivity index (χ1n) is 3.57. The molecule has 1 aromatic heterocycles. The van der Waals surface area contributed by atoms with E-state index in [0.29, 0.717) is 0 Å². The Balaban J connectivity index is 2.43. The van der Waals surface area contributed by atoms with Crippen molar-refractivity contribution in [2.75, 3.05) is 0 Å². The fraction of sp³-hybridized carbons (Fsp3) is 0.375. The van der Waals surface area contributed by atoms with Gasteiger partial charge in [-0.1, -0.05) is 0 Å². The van der Waals surface area contributed by atoms with E-state index in [1.165, 1.54) is 5.56 Å². The first kappa shape index (κ1) is 7.10. The summed E-state index contributed by atoms with van der Waals surface area (Å²) in [5.74, 6) is 0.792. The summed E-state index contributed by atoms with van der Waals surface area (Å²) in [4.78, 5) is 4.14. The average molecular weight is 214 g/mol. The predicted molar refractivity (Wildman–Crippen MR) is 45.7 cm³/mol. The van der Waals surface area contributed by atoms with Crippen LogP contribution in [0, 0.1) is 0 Å². The summed E-state index contributed by atoms with van der Waals surface area (Å²) in [6, 6.07) is 2.06. The average Bonchev–Trinajstić information content (AvgIpc) is 2.27. The second kappa shape index (κ2) is 2.48. The number of ether oxygens (including phenoxy) is 1. The zero-order chi connectivity index (χ0) is 7.84. The summed E-state index contributed by atoms with van der Waals surface area (Å²) >= 11 is 3.37. The second-order valence-electron chi connectivity index (χ2n) is 2.75. The third kappa shape index (κ3) is 1.25. The minimum Gasteiger partial charge on any atom is -0.474 e. The van der Waals surface area contributed by atoms with Gasteiger partial charge in [0.1, 0.15) is 6.10 Å². The highest BCUT2D eigenvalue weighted by Crippen LogP contribution is 2.27. The molecule has 1 unspecified atom stereocenters. The predicted octanol–water partition coefficient (Wildman–Crippen LogP) is 2.17. The number of pyridine rings is 1. The van der Waals surface area contributed by atoms with E-state index in [4.69, 9.17) is 4.74 Å². The van der Waals surface area contributed by atoms with Gasteiger partial charge >= 0.3 is 0 Å². The maximum absolute atomic E-state index is 5.43. The Morgan fingerprint density at radius 3 is 3.36 bits per heavy atom. The Morgan fingerprint density at radius 1 is 1.73 bits per heavy atom. The van der Waals surface area contributed by atoms with Gasteiger partial charge < -0.3 is 4.74 Å². The number of aromatic nitrogens is 1. The molecule has 0 spiro atoms. The zero-order valence-corrected chi connectivity index (χ0v) is 7.76. The van der Waals surface area contributed by atoms with E-state index in [9.17, 15) is 0 Å². The fourth-order valence-electron chi connectivity index (χ4n) is 1.26. The molecule has 0 saturated heterocycles. The van der Waals surface area contributed by atoms with Crippen molar-refractivity contribution < 1.29 is 4.74 Å². The van der Waals surface area contributed by atoms with Gasteiger partial charge in [0, 0.05) is 22.7 Å². The normalized spacial score (nSPS) is 21.1. The molecule has 58 valence electrons. The quantitative estimate of drug-likeness (QED) is 0.660. The molecule has 2 nitrogen and oxygen atoms in total. The van der Waals surface area contributed by atoms with Crippen LogP contribution in [0.15, 0.2) is 16.7 Å². The van der Waals surface area contributed by atoms with Crippen molar-refractivity contribution in [3.8, 4) is 5.88 Å². The number of rotatable bonds is 0. The smallest absolute Gasteiger partial charge is 0.216 e. The van der Waals surface area contributed by atoms with Crippen molar-refractivity contribution in [1.29, 1.82) is 0 Å². The van der Waals surface area contributed by atoms with Gasteiger partial charge in [0.15, 0.2) is 0 Å². The van der Waals surface area contributed by atoms with Gasteiger partial charge in [-0.15, -0.1) is 0 Å². The summed E-state index contributed by atoms with van der Waals surface area (Å²) in [6.07, 6.45) is 3.02. The first-order chi connectivity index (χ1) is 5.25. The molecule has 2 heterocycles. The SMILES string of the molecule is CC1Cc2cc(Br)cnc2O1. The van der Waals surface area contributed by atoms with E-state index < -0.39 is 0 Å². The third-order valence-corrected chi connectivity index (χ3v) is 2.15. The minimum atomic E-state index is 0.284. The standard InChI is InChI=1S/C8H8BrNO/c1-5-2-6-3-7(9)4-10-8(6)11-5/h3-5H,2H2,1H3. The van der Waals surface area contributed by atoms with E-state index >= 15 is 0 Å². The molecule has 11 heavy (non-hydrogen) atoms. The second-order valence-corrected chi connectivity index (χ2v) is 3.67. The third-order valence-electron chi connectivity index (χ3n) is 1.71. The topological polar surface area (TPSA) is 22.1 Å². The lowest BCUT2D eigenvalue weighted by Crippen LogP contribution is -2.05. The van der Waals surface area contributed by atoms with Crippen LogP contribution in [0.2, 0.25) is 0 Å². The Morgan fingerprint density at radius 2 is 2.55 bits per heavy atom. The highest BCUT2D eigenvalue weighted by atomic mass is 79.9. The zero-order valence-electron chi connectivity index (χ0n) is 6.17. The van der Waals surface area contributed by atoms with E-state index in [0.717, 1.165) is 16.8 Å². The first-order valence-corrected chi connectivity index (χ1v) is 4.36. The molecule has 0 aliphatic carbocycles. The van der Waals surface area contributed by atoms with Crippen LogP contribution in [0.4, 0.5) is 0 Å². The number of halogens is 1. The minimum absolute atomic E-state index is 0.284. The van der Waals surface area contributed by atoms with Crippen molar-refractivity contribution >= 4 is 15.9 Å². The van der Waals surface area contributed by atoms with Crippen molar-refractivity contribution in [2.45, 2.75) is 19.4 Å². The van der Waals surface area contributed by atoms with Crippen LogP contribution < -0.4 is 4.74 Å². The molecule has 1 aliphatic heterocycles. The lowest BCUT2D eigenvalue weighted by Gasteiger charge is -1.99. The van der Waals surface area contributed by atoms with Crippen LogP contribution in [0.25, 0.3) is 0 Å². The maximum atomic E-state index is 5.43. The summed E-state index contributed by atoms with van der Waals surface area (Å²) < 4.78 is 6.45. The Hall–Kier alpha value is -0.570. The van der Waals surface area contributed by atoms with Gasteiger partial charge in [0.05, 0.1) is 0 Å². The molecule has 1 aliphatic rings. The van der Waals surface area contributed by atoms with E-state index in [2.05, 4.69) is 33.9 Å². The Labute approximate surface area is 73.7 Å². The molecular weight excluding hydrogens is 206 g/mol. The van der Waals surface area contributed by atoms with Crippen LogP contribution >= 0.6 is 15.9 Å². The van der Waals surface area contributed by atoms with E-state index in [-0.39, 0.29) is 6.10 Å². The largest absolute Gasteiger partial charge is 0.474 e. The molecule has 3 heteroatoms. The molecule has 0 fully saturated rings. The van der Waals surface area contributed by atoms with Crippen LogP contribution in [0.5, 0.6) is 5.88 Å². The van der Waals surface area contributed by atoms with Gasteiger partial charge in [-0.25, -0.2) is 4.98 Å². The Kier molecular flexibility index (Phi) is 1.60. The van der Waals surface area contributed by atoms with Crippen LogP contribution in [0.3, 0.4) is 0 Å². The number of hydrogen-bond donors (Lipinski definition) is 0. The fourth-order valence-corrected chi connectivity index (χ4v) is 1.64. The summed E-state index contributed by atoms with van der Waals surface area (Å²) in [5, 5.41) is 0. The molecule has 0 aromatic carbocycles.